The highest BCUT2D eigenvalue weighted by atomic mass is 19.4. The van der Waals surface area contributed by atoms with Crippen molar-refractivity contribution in [3.8, 4) is 0 Å². The molecule has 1 aliphatic heterocycles. The minimum Gasteiger partial charge on any atom is -0.340 e. The standard InChI is InChI=1S/C19H25F3N6O4/c1-4-8-27-14-13(15(29)28(18(27)31)32-16(30)19(20,21)22)26(9-5-12(2)3)17(24-14)25-10-6-23-7-11-25/h5,23H,4,6-11H2,1-3H3. The molecule has 3 rings (SSSR count). The van der Waals surface area contributed by atoms with Gasteiger partial charge in [0.2, 0.25) is 5.95 Å². The number of piperazine rings is 1. The minimum absolute atomic E-state index is 0.0387. The van der Waals surface area contributed by atoms with Crippen LogP contribution in [0.4, 0.5) is 19.1 Å². The topological polar surface area (TPSA) is 103 Å². The molecule has 2 aromatic heterocycles. The maximum Gasteiger partial charge on any atom is 0.493 e. The Morgan fingerprint density at radius 3 is 2.41 bits per heavy atom. The average molecular weight is 458 g/mol. The molecule has 10 nitrogen and oxygen atoms in total. The number of aromatic nitrogens is 4. The van der Waals surface area contributed by atoms with Crippen LogP contribution in [0.2, 0.25) is 0 Å². The zero-order chi connectivity index (χ0) is 23.6. The van der Waals surface area contributed by atoms with Crippen LogP contribution >= 0.6 is 0 Å². The highest BCUT2D eigenvalue weighted by Gasteiger charge is 2.43. The summed E-state index contributed by atoms with van der Waals surface area (Å²) in [6, 6.07) is 0. The second-order valence-electron chi connectivity index (χ2n) is 7.62. The van der Waals surface area contributed by atoms with Crippen molar-refractivity contribution in [3.05, 3.63) is 32.5 Å². The molecule has 0 radical (unpaired) electrons. The van der Waals surface area contributed by atoms with E-state index in [0.717, 1.165) is 10.1 Å². The lowest BCUT2D eigenvalue weighted by Crippen LogP contribution is -2.48. The van der Waals surface area contributed by atoms with Gasteiger partial charge in [0, 0.05) is 39.3 Å². The van der Waals surface area contributed by atoms with Crippen molar-refractivity contribution >= 4 is 23.1 Å². The molecule has 1 fully saturated rings. The van der Waals surface area contributed by atoms with Gasteiger partial charge < -0.3 is 19.6 Å². The van der Waals surface area contributed by atoms with Gasteiger partial charge in [-0.25, -0.2) is 9.59 Å². The van der Waals surface area contributed by atoms with Crippen LogP contribution in [0.5, 0.6) is 0 Å². The first-order valence-corrected chi connectivity index (χ1v) is 10.2. The number of allylic oxidation sites excluding steroid dienone is 2. The molecular formula is C19H25F3N6O4. The molecule has 176 valence electrons. The third-order valence-corrected chi connectivity index (χ3v) is 4.91. The Bertz CT molecular complexity index is 1150. The summed E-state index contributed by atoms with van der Waals surface area (Å²) in [5, 5.41) is 3.21. The Labute approximate surface area is 180 Å². The molecule has 3 heterocycles. The molecule has 1 N–H and O–H groups in total. The zero-order valence-corrected chi connectivity index (χ0v) is 18.0. The van der Waals surface area contributed by atoms with Gasteiger partial charge in [-0.2, -0.15) is 18.2 Å². The first kappa shape index (κ1) is 23.6. The predicted octanol–water partition coefficient (Wildman–Crippen LogP) is 0.663. The lowest BCUT2D eigenvalue weighted by molar-refractivity contribution is -0.200. The number of rotatable bonds is 6. The number of hydrogen-bond acceptors (Lipinski definition) is 7. The Morgan fingerprint density at radius 1 is 1.19 bits per heavy atom. The molecule has 0 atom stereocenters. The Morgan fingerprint density at radius 2 is 1.84 bits per heavy atom. The van der Waals surface area contributed by atoms with Gasteiger partial charge in [0.15, 0.2) is 11.2 Å². The van der Waals surface area contributed by atoms with E-state index in [1.165, 1.54) is 0 Å². The van der Waals surface area contributed by atoms with E-state index in [1.807, 2.05) is 24.8 Å². The molecule has 0 aromatic carbocycles. The Hall–Kier alpha value is -3.09. The zero-order valence-electron chi connectivity index (χ0n) is 18.0. The molecule has 0 saturated carbocycles. The van der Waals surface area contributed by atoms with Crippen LogP contribution in [0.15, 0.2) is 21.2 Å². The van der Waals surface area contributed by atoms with Crippen molar-refractivity contribution in [1.29, 1.82) is 0 Å². The monoisotopic (exact) mass is 458 g/mol. The van der Waals surface area contributed by atoms with E-state index in [9.17, 15) is 27.6 Å². The molecule has 0 spiro atoms. The van der Waals surface area contributed by atoms with E-state index in [2.05, 4.69) is 15.1 Å². The molecule has 0 aliphatic carbocycles. The van der Waals surface area contributed by atoms with Crippen LogP contribution in [-0.2, 0) is 17.9 Å². The number of nitrogens with zero attached hydrogens (tertiary/aromatic N) is 5. The lowest BCUT2D eigenvalue weighted by Gasteiger charge is -2.28. The largest absolute Gasteiger partial charge is 0.493 e. The van der Waals surface area contributed by atoms with Gasteiger partial charge in [-0.15, -0.1) is 0 Å². The molecule has 13 heteroatoms. The highest BCUT2D eigenvalue weighted by Crippen LogP contribution is 2.21. The van der Waals surface area contributed by atoms with E-state index in [-0.39, 0.29) is 29.0 Å². The predicted molar refractivity (Wildman–Crippen MR) is 111 cm³/mol. The van der Waals surface area contributed by atoms with Crippen LogP contribution in [0, 0.1) is 0 Å². The number of alkyl halides is 3. The number of hydrogen-bond donors (Lipinski definition) is 1. The van der Waals surface area contributed by atoms with Gasteiger partial charge in [0.25, 0.3) is 0 Å². The summed E-state index contributed by atoms with van der Waals surface area (Å²) in [6.07, 6.45) is -3.11. The summed E-state index contributed by atoms with van der Waals surface area (Å²) in [5.74, 6) is -2.24. The summed E-state index contributed by atoms with van der Waals surface area (Å²) in [6.45, 7) is 8.29. The third-order valence-electron chi connectivity index (χ3n) is 4.91. The van der Waals surface area contributed by atoms with Crippen LogP contribution in [0.25, 0.3) is 11.2 Å². The summed E-state index contributed by atoms with van der Waals surface area (Å²) in [7, 11) is 0. The van der Waals surface area contributed by atoms with Crippen LogP contribution in [0.1, 0.15) is 27.2 Å². The Kier molecular flexibility index (Phi) is 6.77. The number of imidazole rings is 1. The summed E-state index contributed by atoms with van der Waals surface area (Å²) in [5.41, 5.74) is -1.49. The van der Waals surface area contributed by atoms with E-state index >= 15 is 0 Å². The SMILES string of the molecule is CCCn1c(=O)n(OC(=O)C(F)(F)F)c(=O)c2c1nc(N1CCNCC1)n2CC=C(C)C. The molecule has 0 amide bonds. The molecule has 0 bridgehead atoms. The van der Waals surface area contributed by atoms with E-state index in [1.54, 1.807) is 11.5 Å². The first-order valence-electron chi connectivity index (χ1n) is 10.2. The van der Waals surface area contributed by atoms with Crippen molar-refractivity contribution in [2.75, 3.05) is 31.1 Å². The first-order chi connectivity index (χ1) is 15.1. The summed E-state index contributed by atoms with van der Waals surface area (Å²) in [4.78, 5) is 48.0. The van der Waals surface area contributed by atoms with Crippen molar-refractivity contribution in [2.24, 2.45) is 0 Å². The van der Waals surface area contributed by atoms with Crippen molar-refractivity contribution in [1.82, 2.24) is 24.2 Å². The van der Waals surface area contributed by atoms with E-state index in [4.69, 9.17) is 0 Å². The molecule has 0 unspecified atom stereocenters. The normalized spacial score (nSPS) is 14.6. The van der Waals surface area contributed by atoms with Crippen molar-refractivity contribution in [2.45, 2.75) is 46.5 Å². The molecule has 1 saturated heterocycles. The van der Waals surface area contributed by atoms with Crippen molar-refractivity contribution < 1.29 is 22.8 Å². The maximum absolute atomic E-state index is 13.1. The lowest BCUT2D eigenvalue weighted by atomic mass is 10.3. The summed E-state index contributed by atoms with van der Waals surface area (Å²) < 4.78 is 40.8. The molecule has 2 aromatic rings. The van der Waals surface area contributed by atoms with Gasteiger partial charge >= 0.3 is 23.4 Å². The fourth-order valence-electron chi connectivity index (χ4n) is 3.40. The third kappa shape index (κ3) is 4.56. The highest BCUT2D eigenvalue weighted by molar-refractivity contribution is 5.77. The smallest absolute Gasteiger partial charge is 0.340 e. The van der Waals surface area contributed by atoms with Gasteiger partial charge in [-0.05, 0) is 20.3 Å². The molecule has 32 heavy (non-hydrogen) atoms. The maximum atomic E-state index is 13.1. The fraction of sp³-hybridized carbons (Fsp3) is 0.579. The quantitative estimate of drug-likeness (QED) is 0.635. The number of carbonyl (C=O) groups excluding carboxylic acids is 1. The van der Waals surface area contributed by atoms with E-state index in [0.29, 0.717) is 38.5 Å². The van der Waals surface area contributed by atoms with Gasteiger partial charge in [-0.3, -0.25) is 9.36 Å². The minimum atomic E-state index is -5.37. The summed E-state index contributed by atoms with van der Waals surface area (Å²) >= 11 is 0. The van der Waals surface area contributed by atoms with Crippen LogP contribution in [-0.4, -0.2) is 57.2 Å². The number of carbonyl (C=O) groups is 1. The number of halogens is 3. The van der Waals surface area contributed by atoms with Crippen LogP contribution < -0.4 is 26.3 Å². The second kappa shape index (κ2) is 9.18. The molecular weight excluding hydrogens is 433 g/mol. The van der Waals surface area contributed by atoms with Crippen molar-refractivity contribution in [3.63, 3.8) is 0 Å². The fourth-order valence-corrected chi connectivity index (χ4v) is 3.40. The number of fused-ring (bicyclic) bond motifs is 1. The van der Waals surface area contributed by atoms with Gasteiger partial charge in [0.05, 0.1) is 0 Å². The number of nitrogens with one attached hydrogen (secondary N) is 1. The molecule has 1 aliphatic rings. The second-order valence-corrected chi connectivity index (χ2v) is 7.62. The average Bonchev–Trinajstić information content (AvgIpc) is 3.12. The number of aryl methyl sites for hydroxylation is 1. The number of anilines is 1. The van der Waals surface area contributed by atoms with Crippen LogP contribution in [0.3, 0.4) is 0 Å². The van der Waals surface area contributed by atoms with Gasteiger partial charge in [-0.1, -0.05) is 23.3 Å². The van der Waals surface area contributed by atoms with E-state index < -0.39 is 23.4 Å². The van der Waals surface area contributed by atoms with Gasteiger partial charge in [0.1, 0.15) is 0 Å². The Balaban J connectivity index is 2.32.